The minimum atomic E-state index is 0.308. The van der Waals surface area contributed by atoms with Crippen LogP contribution in [0.15, 0.2) is 18.2 Å². The maximum Gasteiger partial charge on any atom is 0.161 e. The van der Waals surface area contributed by atoms with Crippen LogP contribution >= 0.6 is 0 Å². The van der Waals surface area contributed by atoms with Crippen LogP contribution in [0.3, 0.4) is 0 Å². The van der Waals surface area contributed by atoms with E-state index >= 15 is 0 Å². The molecule has 2 aliphatic heterocycles. The first-order valence-electron chi connectivity index (χ1n) is 6.62. The summed E-state index contributed by atoms with van der Waals surface area (Å²) in [4.78, 5) is 2.43. The van der Waals surface area contributed by atoms with Crippen LogP contribution in [0.25, 0.3) is 0 Å². The van der Waals surface area contributed by atoms with Crippen molar-refractivity contribution < 1.29 is 9.47 Å². The van der Waals surface area contributed by atoms with E-state index in [9.17, 15) is 0 Å². The van der Waals surface area contributed by atoms with Gasteiger partial charge in [-0.15, -0.1) is 0 Å². The summed E-state index contributed by atoms with van der Waals surface area (Å²) in [5.74, 6) is 1.73. The fourth-order valence-electron chi connectivity index (χ4n) is 2.67. The molecule has 2 aliphatic rings. The average Bonchev–Trinajstić information content (AvgIpc) is 2.71. The molecule has 0 bridgehead atoms. The fraction of sp³-hybridized carbons (Fsp3) is 0.571. The number of nitrogens with zero attached hydrogens (tertiary/aromatic N) is 1. The van der Waals surface area contributed by atoms with E-state index in [1.54, 1.807) is 0 Å². The molecule has 0 spiro atoms. The molecule has 2 heterocycles. The predicted octanol–water partition coefficient (Wildman–Crippen LogP) is 1.38. The molecule has 98 valence electrons. The van der Waals surface area contributed by atoms with Crippen molar-refractivity contribution in [3.63, 3.8) is 0 Å². The molecule has 1 saturated heterocycles. The highest BCUT2D eigenvalue weighted by molar-refractivity contribution is 5.43. The van der Waals surface area contributed by atoms with Crippen molar-refractivity contribution in [2.75, 3.05) is 19.8 Å². The summed E-state index contributed by atoms with van der Waals surface area (Å²) in [7, 11) is 0. The van der Waals surface area contributed by atoms with Gasteiger partial charge < -0.3 is 15.2 Å². The van der Waals surface area contributed by atoms with Gasteiger partial charge >= 0.3 is 0 Å². The van der Waals surface area contributed by atoms with Gasteiger partial charge in [0.05, 0.1) is 0 Å². The Balaban J connectivity index is 1.73. The lowest BCUT2D eigenvalue weighted by atomic mass is 10.1. The zero-order chi connectivity index (χ0) is 12.5. The standard InChI is InChI=1S/C14H20N2O2/c1-10-12(15)4-5-16(10)9-11-2-3-13-14(8-11)18-7-6-17-13/h2-3,8,10,12H,4-7,9,15H2,1H3. The van der Waals surface area contributed by atoms with E-state index in [4.69, 9.17) is 15.2 Å². The topological polar surface area (TPSA) is 47.7 Å². The summed E-state index contributed by atoms with van der Waals surface area (Å²) in [5.41, 5.74) is 7.31. The molecule has 0 saturated carbocycles. The highest BCUT2D eigenvalue weighted by Crippen LogP contribution is 2.31. The van der Waals surface area contributed by atoms with Crippen LogP contribution in [0.1, 0.15) is 18.9 Å². The van der Waals surface area contributed by atoms with Crippen LogP contribution in [0.2, 0.25) is 0 Å². The molecular weight excluding hydrogens is 228 g/mol. The third-order valence-corrected chi connectivity index (χ3v) is 3.94. The van der Waals surface area contributed by atoms with Crippen LogP contribution < -0.4 is 15.2 Å². The van der Waals surface area contributed by atoms with E-state index < -0.39 is 0 Å². The zero-order valence-corrected chi connectivity index (χ0v) is 10.8. The van der Waals surface area contributed by atoms with Gasteiger partial charge in [-0.2, -0.15) is 0 Å². The van der Waals surface area contributed by atoms with Crippen LogP contribution in [0, 0.1) is 0 Å². The highest BCUT2D eigenvalue weighted by Gasteiger charge is 2.27. The van der Waals surface area contributed by atoms with Gasteiger partial charge in [-0.3, -0.25) is 4.90 Å². The second-order valence-electron chi connectivity index (χ2n) is 5.14. The first-order chi connectivity index (χ1) is 8.74. The van der Waals surface area contributed by atoms with E-state index in [0.717, 1.165) is 31.0 Å². The van der Waals surface area contributed by atoms with Crippen LogP contribution in [-0.2, 0) is 6.54 Å². The molecule has 2 unspecified atom stereocenters. The van der Waals surface area contributed by atoms with Gasteiger partial charge in [-0.05, 0) is 31.0 Å². The molecule has 0 radical (unpaired) electrons. The van der Waals surface area contributed by atoms with Gasteiger partial charge in [-0.1, -0.05) is 6.07 Å². The molecule has 2 N–H and O–H groups in total. The number of hydrogen-bond donors (Lipinski definition) is 1. The molecule has 2 atom stereocenters. The Labute approximate surface area is 108 Å². The number of ether oxygens (including phenoxy) is 2. The second kappa shape index (κ2) is 4.78. The minimum Gasteiger partial charge on any atom is -0.486 e. The number of nitrogens with two attached hydrogens (primary N) is 1. The third-order valence-electron chi connectivity index (χ3n) is 3.94. The van der Waals surface area contributed by atoms with E-state index in [1.807, 2.05) is 6.07 Å². The number of rotatable bonds is 2. The normalized spacial score (nSPS) is 27.4. The van der Waals surface area contributed by atoms with E-state index in [-0.39, 0.29) is 0 Å². The Kier molecular flexibility index (Phi) is 3.14. The molecule has 4 nitrogen and oxygen atoms in total. The third kappa shape index (κ3) is 2.18. The number of hydrogen-bond acceptors (Lipinski definition) is 4. The number of benzene rings is 1. The lowest BCUT2D eigenvalue weighted by Gasteiger charge is -2.24. The van der Waals surface area contributed by atoms with Crippen LogP contribution in [-0.4, -0.2) is 36.7 Å². The van der Waals surface area contributed by atoms with E-state index in [1.165, 1.54) is 5.56 Å². The lowest BCUT2D eigenvalue weighted by Crippen LogP contribution is -2.36. The monoisotopic (exact) mass is 248 g/mol. The Morgan fingerprint density at radius 3 is 2.78 bits per heavy atom. The molecular formula is C14H20N2O2. The van der Waals surface area contributed by atoms with Gasteiger partial charge in [0.25, 0.3) is 0 Å². The van der Waals surface area contributed by atoms with Crippen molar-refractivity contribution >= 4 is 0 Å². The molecule has 18 heavy (non-hydrogen) atoms. The Morgan fingerprint density at radius 2 is 2.06 bits per heavy atom. The summed E-state index contributed by atoms with van der Waals surface area (Å²) in [5, 5.41) is 0. The van der Waals surface area contributed by atoms with Gasteiger partial charge in [-0.25, -0.2) is 0 Å². The van der Waals surface area contributed by atoms with Crippen LogP contribution in [0.4, 0.5) is 0 Å². The van der Waals surface area contributed by atoms with Crippen molar-refractivity contribution in [3.8, 4) is 11.5 Å². The van der Waals surface area contributed by atoms with Crippen molar-refractivity contribution in [1.29, 1.82) is 0 Å². The minimum absolute atomic E-state index is 0.308. The molecule has 0 amide bonds. The first kappa shape index (κ1) is 11.8. The van der Waals surface area contributed by atoms with E-state index in [0.29, 0.717) is 25.3 Å². The van der Waals surface area contributed by atoms with Gasteiger partial charge in [0.15, 0.2) is 11.5 Å². The highest BCUT2D eigenvalue weighted by atomic mass is 16.6. The van der Waals surface area contributed by atoms with Crippen molar-refractivity contribution in [2.45, 2.75) is 32.0 Å². The van der Waals surface area contributed by atoms with Crippen molar-refractivity contribution in [1.82, 2.24) is 4.90 Å². The summed E-state index contributed by atoms with van der Waals surface area (Å²) in [6.07, 6.45) is 1.09. The van der Waals surface area contributed by atoms with Gasteiger partial charge in [0.2, 0.25) is 0 Å². The SMILES string of the molecule is CC1C(N)CCN1Cc1ccc2c(c1)OCCO2. The Hall–Kier alpha value is -1.26. The predicted molar refractivity (Wildman–Crippen MR) is 69.9 cm³/mol. The molecule has 0 aliphatic carbocycles. The van der Waals surface area contributed by atoms with Crippen molar-refractivity contribution in [3.05, 3.63) is 23.8 Å². The number of fused-ring (bicyclic) bond motifs is 1. The maximum atomic E-state index is 6.05. The van der Waals surface area contributed by atoms with Crippen molar-refractivity contribution in [2.24, 2.45) is 5.73 Å². The lowest BCUT2D eigenvalue weighted by molar-refractivity contribution is 0.171. The summed E-state index contributed by atoms with van der Waals surface area (Å²) in [6.45, 7) is 5.50. The Morgan fingerprint density at radius 1 is 1.28 bits per heavy atom. The quantitative estimate of drug-likeness (QED) is 0.859. The van der Waals surface area contributed by atoms with Crippen LogP contribution in [0.5, 0.6) is 11.5 Å². The Bertz CT molecular complexity index is 436. The van der Waals surface area contributed by atoms with Gasteiger partial charge in [0, 0.05) is 25.2 Å². The molecule has 1 aromatic rings. The van der Waals surface area contributed by atoms with E-state index in [2.05, 4.69) is 24.0 Å². The molecule has 3 rings (SSSR count). The smallest absolute Gasteiger partial charge is 0.161 e. The number of likely N-dealkylation sites (tertiary alicyclic amines) is 1. The summed E-state index contributed by atoms with van der Waals surface area (Å²) in [6, 6.07) is 6.97. The summed E-state index contributed by atoms with van der Waals surface area (Å²) >= 11 is 0. The molecule has 1 fully saturated rings. The van der Waals surface area contributed by atoms with Gasteiger partial charge in [0.1, 0.15) is 13.2 Å². The molecule has 1 aromatic carbocycles. The largest absolute Gasteiger partial charge is 0.486 e. The second-order valence-corrected chi connectivity index (χ2v) is 5.14. The fourth-order valence-corrected chi connectivity index (χ4v) is 2.67. The maximum absolute atomic E-state index is 6.05. The molecule has 0 aromatic heterocycles. The zero-order valence-electron chi connectivity index (χ0n) is 10.8. The first-order valence-corrected chi connectivity index (χ1v) is 6.62. The summed E-state index contributed by atoms with van der Waals surface area (Å²) < 4.78 is 11.1. The molecule has 4 heteroatoms. The average molecular weight is 248 g/mol.